The SMILES string of the molecule is CCOc1cc(Cl)c(C(O)Cc2cccc(C)c2)cc1Cl. The second-order valence-electron chi connectivity index (χ2n) is 4.95. The molecule has 4 heteroatoms. The molecule has 0 aliphatic carbocycles. The van der Waals surface area contributed by atoms with Crippen molar-refractivity contribution in [3.8, 4) is 5.75 Å². The molecular weight excluding hydrogens is 307 g/mol. The van der Waals surface area contributed by atoms with Gasteiger partial charge in [0.15, 0.2) is 0 Å². The van der Waals surface area contributed by atoms with E-state index in [1.54, 1.807) is 12.1 Å². The second kappa shape index (κ2) is 7.17. The summed E-state index contributed by atoms with van der Waals surface area (Å²) in [6, 6.07) is 11.4. The van der Waals surface area contributed by atoms with Gasteiger partial charge in [0, 0.05) is 18.1 Å². The fourth-order valence-corrected chi connectivity index (χ4v) is 2.74. The molecule has 0 aliphatic rings. The van der Waals surface area contributed by atoms with E-state index in [4.69, 9.17) is 27.9 Å². The fourth-order valence-electron chi connectivity index (χ4n) is 2.24. The number of hydrogen-bond acceptors (Lipinski definition) is 2. The van der Waals surface area contributed by atoms with E-state index in [0.29, 0.717) is 34.4 Å². The van der Waals surface area contributed by atoms with Gasteiger partial charge in [-0.15, -0.1) is 0 Å². The number of rotatable bonds is 5. The molecule has 2 rings (SSSR count). The van der Waals surface area contributed by atoms with Crippen LogP contribution in [0, 0.1) is 6.92 Å². The van der Waals surface area contributed by atoms with E-state index in [0.717, 1.165) is 11.1 Å². The molecule has 0 bridgehead atoms. The Balaban J connectivity index is 2.23. The maximum atomic E-state index is 10.4. The van der Waals surface area contributed by atoms with Crippen molar-refractivity contribution in [1.82, 2.24) is 0 Å². The fraction of sp³-hybridized carbons (Fsp3) is 0.294. The van der Waals surface area contributed by atoms with Gasteiger partial charge in [-0.3, -0.25) is 0 Å². The van der Waals surface area contributed by atoms with Gasteiger partial charge in [0.2, 0.25) is 0 Å². The second-order valence-corrected chi connectivity index (χ2v) is 5.76. The number of hydrogen-bond donors (Lipinski definition) is 1. The topological polar surface area (TPSA) is 29.5 Å². The van der Waals surface area contributed by atoms with Gasteiger partial charge in [-0.05, 0) is 25.5 Å². The predicted octanol–water partition coefficient (Wildman–Crippen LogP) is 4.98. The molecule has 0 aliphatic heterocycles. The molecule has 0 heterocycles. The highest BCUT2D eigenvalue weighted by molar-refractivity contribution is 6.34. The minimum atomic E-state index is -0.701. The smallest absolute Gasteiger partial charge is 0.139 e. The zero-order valence-corrected chi connectivity index (χ0v) is 13.6. The largest absolute Gasteiger partial charge is 0.492 e. The quantitative estimate of drug-likeness (QED) is 0.840. The number of halogens is 2. The number of benzene rings is 2. The number of aliphatic hydroxyl groups is 1. The van der Waals surface area contributed by atoms with Crippen LogP contribution in [0.4, 0.5) is 0 Å². The van der Waals surface area contributed by atoms with Crippen molar-refractivity contribution >= 4 is 23.2 Å². The number of aryl methyl sites for hydroxylation is 1. The highest BCUT2D eigenvalue weighted by Crippen LogP contribution is 2.35. The van der Waals surface area contributed by atoms with Crippen LogP contribution in [-0.2, 0) is 6.42 Å². The minimum Gasteiger partial charge on any atom is -0.492 e. The summed E-state index contributed by atoms with van der Waals surface area (Å²) >= 11 is 12.4. The molecule has 0 radical (unpaired) electrons. The molecular formula is C17H18Cl2O2. The van der Waals surface area contributed by atoms with Crippen molar-refractivity contribution < 1.29 is 9.84 Å². The third-order valence-corrected chi connectivity index (χ3v) is 3.84. The third kappa shape index (κ3) is 4.13. The maximum Gasteiger partial charge on any atom is 0.139 e. The van der Waals surface area contributed by atoms with Crippen molar-refractivity contribution in [2.24, 2.45) is 0 Å². The molecule has 0 saturated carbocycles. The molecule has 1 N–H and O–H groups in total. The van der Waals surface area contributed by atoms with Crippen LogP contribution in [0.1, 0.15) is 29.7 Å². The van der Waals surface area contributed by atoms with E-state index in [1.165, 1.54) is 0 Å². The van der Waals surface area contributed by atoms with Crippen molar-refractivity contribution in [3.63, 3.8) is 0 Å². The Labute approximate surface area is 135 Å². The highest BCUT2D eigenvalue weighted by Gasteiger charge is 2.16. The number of aliphatic hydroxyl groups excluding tert-OH is 1. The summed E-state index contributed by atoms with van der Waals surface area (Å²) < 4.78 is 5.39. The van der Waals surface area contributed by atoms with Gasteiger partial charge in [-0.1, -0.05) is 53.0 Å². The molecule has 2 nitrogen and oxygen atoms in total. The van der Waals surface area contributed by atoms with Crippen LogP contribution in [0.25, 0.3) is 0 Å². The Morgan fingerprint density at radius 1 is 1.14 bits per heavy atom. The van der Waals surface area contributed by atoms with E-state index in [9.17, 15) is 5.11 Å². The van der Waals surface area contributed by atoms with Crippen molar-refractivity contribution in [2.75, 3.05) is 6.61 Å². The molecule has 21 heavy (non-hydrogen) atoms. The lowest BCUT2D eigenvalue weighted by molar-refractivity contribution is 0.178. The lowest BCUT2D eigenvalue weighted by atomic mass is 10.00. The van der Waals surface area contributed by atoms with Gasteiger partial charge in [0.05, 0.1) is 22.8 Å². The molecule has 0 saturated heterocycles. The first kappa shape index (κ1) is 16.2. The average molecular weight is 325 g/mol. The van der Waals surface area contributed by atoms with E-state index in [2.05, 4.69) is 0 Å². The summed E-state index contributed by atoms with van der Waals surface area (Å²) in [5, 5.41) is 11.3. The third-order valence-electron chi connectivity index (χ3n) is 3.22. The molecule has 0 spiro atoms. The molecule has 112 valence electrons. The summed E-state index contributed by atoms with van der Waals surface area (Å²) in [7, 11) is 0. The van der Waals surface area contributed by atoms with Crippen LogP contribution in [0.5, 0.6) is 5.75 Å². The predicted molar refractivity (Wildman–Crippen MR) is 87.5 cm³/mol. The van der Waals surface area contributed by atoms with Gasteiger partial charge in [0.1, 0.15) is 5.75 Å². The number of ether oxygens (including phenoxy) is 1. The van der Waals surface area contributed by atoms with E-state index in [1.807, 2.05) is 38.1 Å². The van der Waals surface area contributed by atoms with Gasteiger partial charge in [-0.2, -0.15) is 0 Å². The van der Waals surface area contributed by atoms with Gasteiger partial charge in [0.25, 0.3) is 0 Å². The highest BCUT2D eigenvalue weighted by atomic mass is 35.5. The summed E-state index contributed by atoms with van der Waals surface area (Å²) in [6.07, 6.45) is -0.210. The molecule has 0 aromatic heterocycles. The summed E-state index contributed by atoms with van der Waals surface area (Å²) in [5.41, 5.74) is 2.84. The van der Waals surface area contributed by atoms with Crippen LogP contribution in [-0.4, -0.2) is 11.7 Å². The molecule has 2 aromatic carbocycles. The van der Waals surface area contributed by atoms with Crippen LogP contribution < -0.4 is 4.74 Å². The Morgan fingerprint density at radius 3 is 2.57 bits per heavy atom. The standard InChI is InChI=1S/C17H18Cl2O2/c1-3-21-17-10-14(18)13(9-15(17)19)16(20)8-12-6-4-5-11(2)7-12/h4-7,9-10,16,20H,3,8H2,1-2H3. The Hall–Kier alpha value is -1.22. The molecule has 2 aromatic rings. The van der Waals surface area contributed by atoms with Crippen LogP contribution in [0.15, 0.2) is 36.4 Å². The van der Waals surface area contributed by atoms with Gasteiger partial charge < -0.3 is 9.84 Å². The Kier molecular flexibility index (Phi) is 5.51. The molecule has 0 amide bonds. The average Bonchev–Trinajstić information content (AvgIpc) is 2.42. The Bertz CT molecular complexity index is 626. The van der Waals surface area contributed by atoms with Crippen LogP contribution in [0.2, 0.25) is 10.0 Å². The molecule has 1 unspecified atom stereocenters. The van der Waals surface area contributed by atoms with Gasteiger partial charge in [-0.25, -0.2) is 0 Å². The molecule has 0 fully saturated rings. The van der Waals surface area contributed by atoms with E-state index < -0.39 is 6.10 Å². The zero-order chi connectivity index (χ0) is 15.4. The lowest BCUT2D eigenvalue weighted by Crippen LogP contribution is -2.04. The lowest BCUT2D eigenvalue weighted by Gasteiger charge is -2.15. The van der Waals surface area contributed by atoms with E-state index in [-0.39, 0.29) is 0 Å². The normalized spacial score (nSPS) is 12.2. The monoisotopic (exact) mass is 324 g/mol. The summed E-state index contributed by atoms with van der Waals surface area (Å²) in [5.74, 6) is 0.538. The van der Waals surface area contributed by atoms with E-state index >= 15 is 0 Å². The first-order valence-electron chi connectivity index (χ1n) is 6.86. The van der Waals surface area contributed by atoms with Crippen molar-refractivity contribution in [3.05, 3.63) is 63.1 Å². The van der Waals surface area contributed by atoms with Crippen LogP contribution >= 0.6 is 23.2 Å². The zero-order valence-electron chi connectivity index (χ0n) is 12.1. The Morgan fingerprint density at radius 2 is 1.90 bits per heavy atom. The first-order valence-corrected chi connectivity index (χ1v) is 7.62. The summed E-state index contributed by atoms with van der Waals surface area (Å²) in [6.45, 7) is 4.42. The minimum absolute atomic E-state index is 0.458. The summed E-state index contributed by atoms with van der Waals surface area (Å²) in [4.78, 5) is 0. The van der Waals surface area contributed by atoms with Crippen molar-refractivity contribution in [2.45, 2.75) is 26.4 Å². The maximum absolute atomic E-state index is 10.4. The van der Waals surface area contributed by atoms with Crippen molar-refractivity contribution in [1.29, 1.82) is 0 Å². The van der Waals surface area contributed by atoms with Crippen LogP contribution in [0.3, 0.4) is 0 Å². The van der Waals surface area contributed by atoms with Gasteiger partial charge >= 0.3 is 0 Å². The molecule has 1 atom stereocenters. The first-order chi connectivity index (χ1) is 10.0.